The average molecular weight is 577 g/mol. The van der Waals surface area contributed by atoms with Crippen LogP contribution >= 0.6 is 11.3 Å². The summed E-state index contributed by atoms with van der Waals surface area (Å²) in [5.74, 6) is 0. The highest BCUT2D eigenvalue weighted by molar-refractivity contribution is 7.97. The summed E-state index contributed by atoms with van der Waals surface area (Å²) in [6.45, 7) is 46.7. The Hall–Kier alpha value is 1.44. The number of rotatable bonds is 8. The lowest BCUT2D eigenvalue weighted by molar-refractivity contribution is 1.73. The first kappa shape index (κ1) is 30.5. The quantitative estimate of drug-likeness (QED) is 0.280. The van der Waals surface area contributed by atoms with Crippen molar-refractivity contribution in [3.05, 3.63) is 12.1 Å². The van der Waals surface area contributed by atoms with Crippen molar-refractivity contribution in [2.45, 2.75) is 118 Å². The molecule has 0 saturated heterocycles. The average Bonchev–Trinajstić information content (AvgIpc) is 2.77. The fourth-order valence-electron chi connectivity index (χ4n) is 9.71. The molecule has 0 radical (unpaired) electrons. The summed E-state index contributed by atoms with van der Waals surface area (Å²) in [6.07, 6.45) is 0. The van der Waals surface area contributed by atoms with Gasteiger partial charge in [-0.15, -0.1) is 0 Å². The molecule has 0 amide bonds. The molecule has 1 aromatic rings. The van der Waals surface area contributed by atoms with E-state index in [1.807, 2.05) is 9.00 Å². The molecule has 0 bridgehead atoms. The van der Waals surface area contributed by atoms with Crippen LogP contribution in [0.4, 0.5) is 0 Å². The molecular weight excluding hydrogens is 521 g/mol. The lowest BCUT2D eigenvalue weighted by atomic mass is 10.7. The maximum Gasteiger partial charge on any atom is 0.0806 e. The number of thiophene rings is 1. The van der Waals surface area contributed by atoms with Gasteiger partial charge in [-0.3, -0.25) is 0 Å². The molecule has 1 aromatic heterocycles. The Balaban J connectivity index is 4.19. The van der Waals surface area contributed by atoms with Gasteiger partial charge >= 0.3 is 0 Å². The molecule has 0 aliphatic carbocycles. The maximum absolute atomic E-state index is 2.77. The van der Waals surface area contributed by atoms with Crippen LogP contribution in [0.5, 0.6) is 0 Å². The zero-order chi connectivity index (χ0) is 25.3. The van der Waals surface area contributed by atoms with Crippen molar-refractivity contribution in [1.29, 1.82) is 0 Å². The smallest absolute Gasteiger partial charge is 0.0806 e. The molecule has 0 aliphatic rings. The van der Waals surface area contributed by atoms with Crippen LogP contribution in [0, 0.1) is 0 Å². The first-order valence-corrected chi connectivity index (χ1v) is 44.1. The van der Waals surface area contributed by atoms with Crippen LogP contribution in [0.15, 0.2) is 12.1 Å². The van der Waals surface area contributed by atoms with E-state index in [1.54, 1.807) is 0 Å². The fraction of sp³-hybridized carbons (Fsp3) is 0.818. The molecule has 0 fully saturated rings. The summed E-state index contributed by atoms with van der Waals surface area (Å²) >= 11 is 2.44. The van der Waals surface area contributed by atoms with Gasteiger partial charge in [0.2, 0.25) is 0 Å². The summed E-state index contributed by atoms with van der Waals surface area (Å²) in [6, 6.07) is 5.53. The molecule has 31 heavy (non-hydrogen) atoms. The van der Waals surface area contributed by atoms with Gasteiger partial charge in [0.1, 0.15) is 0 Å². The first-order valence-electron chi connectivity index (χ1n) is 12.3. The molecule has 1 heterocycles. The Labute approximate surface area is 207 Å². The van der Waals surface area contributed by atoms with Crippen LogP contribution in [0.2, 0.25) is 118 Å². The van der Waals surface area contributed by atoms with E-state index in [-0.39, 0.29) is 0 Å². The fourth-order valence-corrected chi connectivity index (χ4v) is 227. The van der Waals surface area contributed by atoms with E-state index in [2.05, 4.69) is 141 Å². The molecule has 0 nitrogen and oxygen atoms in total. The third-order valence-electron chi connectivity index (χ3n) is 8.10. The van der Waals surface area contributed by atoms with Gasteiger partial charge in [-0.25, -0.2) is 0 Å². The highest BCUT2D eigenvalue weighted by Crippen LogP contribution is 2.41. The van der Waals surface area contributed by atoms with E-state index in [0.717, 1.165) is 0 Å². The molecule has 0 spiro atoms. The van der Waals surface area contributed by atoms with E-state index in [9.17, 15) is 0 Å². The standard InChI is InChI=1S/C22H56SSi8/c1-24(2,3)30(25(4,5)6,26(7,8)9)21-19-20-22(23-21)31(27(10,11)12,28(13,14)15)29(16,17)18/h19-20H,1-18H3. The van der Waals surface area contributed by atoms with Crippen LogP contribution in [-0.2, 0) is 0 Å². The van der Waals surface area contributed by atoms with Gasteiger partial charge in [0.15, 0.2) is 0 Å². The van der Waals surface area contributed by atoms with Gasteiger partial charge < -0.3 is 0 Å². The maximum atomic E-state index is 2.77. The third kappa shape index (κ3) is 4.66. The molecule has 9 heteroatoms. The largest absolute Gasteiger partial charge is 0.156 e. The number of hydrogen-bond acceptors (Lipinski definition) is 1. The minimum absolute atomic E-state index is 1.31. The minimum Gasteiger partial charge on any atom is -0.156 e. The molecule has 0 atom stereocenters. The van der Waals surface area contributed by atoms with Gasteiger partial charge in [0, 0.05) is 45.5 Å². The second kappa shape index (κ2) is 8.53. The zero-order valence-corrected chi connectivity index (χ0v) is 33.4. The van der Waals surface area contributed by atoms with Gasteiger partial charge in [-0.2, -0.15) is 11.3 Å². The summed E-state index contributed by atoms with van der Waals surface area (Å²) in [4.78, 5) is 0. The Morgan fingerprint density at radius 3 is 0.645 bits per heavy atom. The molecule has 0 aliphatic heterocycles. The van der Waals surface area contributed by atoms with Gasteiger partial charge in [0.05, 0.1) is 13.3 Å². The first-order chi connectivity index (χ1) is 13.2. The van der Waals surface area contributed by atoms with E-state index in [0.29, 0.717) is 0 Å². The molecule has 182 valence electrons. The van der Waals surface area contributed by atoms with Crippen molar-refractivity contribution < 1.29 is 0 Å². The summed E-state index contributed by atoms with van der Waals surface area (Å²) < 4.78 is 3.96. The van der Waals surface area contributed by atoms with Gasteiger partial charge in [0.25, 0.3) is 0 Å². The molecule has 0 N–H and O–H groups in total. The van der Waals surface area contributed by atoms with Crippen LogP contribution in [0.25, 0.3) is 0 Å². The lowest BCUT2D eigenvalue weighted by Gasteiger charge is -2.58. The van der Waals surface area contributed by atoms with Crippen molar-refractivity contribution >= 4 is 79.1 Å². The Kier molecular flexibility index (Phi) is 8.38. The van der Waals surface area contributed by atoms with E-state index in [4.69, 9.17) is 0 Å². The van der Waals surface area contributed by atoms with E-state index < -0.39 is 58.8 Å². The Morgan fingerprint density at radius 2 is 0.516 bits per heavy atom. The lowest BCUT2D eigenvalue weighted by Crippen LogP contribution is -2.89. The highest BCUT2D eigenvalue weighted by Gasteiger charge is 2.66. The topological polar surface area (TPSA) is 0 Å². The van der Waals surface area contributed by atoms with E-state index >= 15 is 0 Å². The van der Waals surface area contributed by atoms with Crippen LogP contribution in [0.3, 0.4) is 0 Å². The van der Waals surface area contributed by atoms with Crippen molar-refractivity contribution in [2.75, 3.05) is 0 Å². The molecule has 0 unspecified atom stereocenters. The monoisotopic (exact) mass is 576 g/mol. The second-order valence-corrected chi connectivity index (χ2v) is 98.5. The Morgan fingerprint density at radius 1 is 0.355 bits per heavy atom. The van der Waals surface area contributed by atoms with Crippen molar-refractivity contribution in [3.8, 4) is 0 Å². The predicted octanol–water partition coefficient (Wildman–Crippen LogP) is 7.56. The summed E-state index contributed by atoms with van der Waals surface area (Å²) in [7, 11) is -7.86. The summed E-state index contributed by atoms with van der Waals surface area (Å²) in [5.41, 5.74) is 0. The molecular formula is C22H56SSi8. The minimum atomic E-state index is -1.51. The molecule has 1 rings (SSSR count). The SMILES string of the molecule is C[Si](C)(C)[Si](c1ccc([Si]([Si](C)(C)C)([Si](C)(C)C)[Si](C)(C)C)s1)([Si](C)(C)C)[Si](C)(C)C. The van der Waals surface area contributed by atoms with Crippen molar-refractivity contribution in [1.82, 2.24) is 0 Å². The Bertz CT molecular complexity index is 635. The summed E-state index contributed by atoms with van der Waals surface area (Å²) in [5, 5.41) is 0. The number of hydrogen-bond donors (Lipinski definition) is 0. The zero-order valence-electron chi connectivity index (χ0n) is 24.6. The van der Waals surface area contributed by atoms with Crippen molar-refractivity contribution in [3.63, 3.8) is 0 Å². The van der Waals surface area contributed by atoms with Gasteiger partial charge in [-0.05, 0) is 9.00 Å². The molecule has 0 aromatic carbocycles. The second-order valence-electron chi connectivity index (χ2n) is 16.2. The molecule has 0 saturated carbocycles. The predicted molar refractivity (Wildman–Crippen MR) is 175 cm³/mol. The normalized spacial score (nSPS) is 16.1. The third-order valence-corrected chi connectivity index (χ3v) is 156. The van der Waals surface area contributed by atoms with Crippen LogP contribution < -0.4 is 9.00 Å². The van der Waals surface area contributed by atoms with Gasteiger partial charge in [-0.1, -0.05) is 130 Å². The van der Waals surface area contributed by atoms with Crippen LogP contribution in [-0.4, -0.2) is 58.8 Å². The highest BCUT2D eigenvalue weighted by atomic mass is 32.1. The van der Waals surface area contributed by atoms with Crippen LogP contribution in [0.1, 0.15) is 0 Å². The van der Waals surface area contributed by atoms with E-state index in [1.165, 1.54) is 0 Å². The van der Waals surface area contributed by atoms with Crippen molar-refractivity contribution in [2.24, 2.45) is 0 Å².